The highest BCUT2D eigenvalue weighted by Gasteiger charge is 2.26. The van der Waals surface area contributed by atoms with Gasteiger partial charge < -0.3 is 5.32 Å². The van der Waals surface area contributed by atoms with E-state index in [0.717, 1.165) is 11.8 Å². The zero-order valence-corrected chi connectivity index (χ0v) is 12.6. The first kappa shape index (κ1) is 15.4. The van der Waals surface area contributed by atoms with Crippen molar-refractivity contribution in [2.24, 2.45) is 5.41 Å². The molecule has 0 saturated carbocycles. The maximum Gasteiger partial charge on any atom is 0.229 e. The highest BCUT2D eigenvalue weighted by Crippen LogP contribution is 2.32. The highest BCUT2D eigenvalue weighted by molar-refractivity contribution is 6.00. The standard InChI is InChI=1S/C16H23NO2/c1-15(2,3)12-9-7-8-11(10-18)13(12)17-14(19)16(4,5)6/h7-10H,1-6H3,(H,17,19). The Morgan fingerprint density at radius 1 is 1.11 bits per heavy atom. The molecule has 1 aromatic carbocycles. The Kier molecular flexibility index (Phi) is 4.18. The summed E-state index contributed by atoms with van der Waals surface area (Å²) in [5, 5.41) is 2.91. The first-order valence-corrected chi connectivity index (χ1v) is 6.47. The lowest BCUT2D eigenvalue weighted by Gasteiger charge is -2.26. The molecule has 0 fully saturated rings. The second-order valence-corrected chi connectivity index (χ2v) is 6.84. The van der Waals surface area contributed by atoms with Gasteiger partial charge >= 0.3 is 0 Å². The maximum absolute atomic E-state index is 12.2. The fraction of sp³-hybridized carbons (Fsp3) is 0.500. The Morgan fingerprint density at radius 3 is 2.11 bits per heavy atom. The topological polar surface area (TPSA) is 46.2 Å². The lowest BCUT2D eigenvalue weighted by atomic mass is 9.84. The first-order valence-electron chi connectivity index (χ1n) is 6.47. The summed E-state index contributed by atoms with van der Waals surface area (Å²) in [6.07, 6.45) is 0.785. The molecule has 3 nitrogen and oxygen atoms in total. The minimum absolute atomic E-state index is 0.0905. The van der Waals surface area contributed by atoms with Gasteiger partial charge in [-0.15, -0.1) is 0 Å². The summed E-state index contributed by atoms with van der Waals surface area (Å²) in [6.45, 7) is 11.7. The SMILES string of the molecule is CC(C)(C)C(=O)Nc1c(C=O)cccc1C(C)(C)C. The van der Waals surface area contributed by atoms with Crippen molar-refractivity contribution in [2.45, 2.75) is 47.0 Å². The molecule has 0 heterocycles. The van der Waals surface area contributed by atoms with Gasteiger partial charge in [-0.25, -0.2) is 0 Å². The van der Waals surface area contributed by atoms with E-state index in [0.29, 0.717) is 11.3 Å². The van der Waals surface area contributed by atoms with Crippen LogP contribution in [0, 0.1) is 5.41 Å². The summed E-state index contributed by atoms with van der Waals surface area (Å²) >= 11 is 0. The number of hydrogen-bond acceptors (Lipinski definition) is 2. The molecule has 0 bridgehead atoms. The van der Waals surface area contributed by atoms with E-state index in [1.165, 1.54) is 0 Å². The molecule has 0 aliphatic rings. The van der Waals surface area contributed by atoms with Crippen LogP contribution in [0.25, 0.3) is 0 Å². The number of carbonyl (C=O) groups is 2. The fourth-order valence-electron chi connectivity index (χ4n) is 1.73. The summed E-state index contributed by atoms with van der Waals surface area (Å²) in [5.41, 5.74) is 1.48. The van der Waals surface area contributed by atoms with Crippen molar-refractivity contribution in [2.75, 3.05) is 5.32 Å². The molecule has 0 radical (unpaired) electrons. The molecule has 104 valence electrons. The number of anilines is 1. The lowest BCUT2D eigenvalue weighted by molar-refractivity contribution is -0.123. The molecule has 1 rings (SSSR count). The van der Waals surface area contributed by atoms with E-state index in [1.54, 1.807) is 6.07 Å². The number of nitrogens with one attached hydrogen (secondary N) is 1. The van der Waals surface area contributed by atoms with Gasteiger partial charge in [0.2, 0.25) is 5.91 Å². The van der Waals surface area contributed by atoms with Gasteiger partial charge in [-0.05, 0) is 17.0 Å². The van der Waals surface area contributed by atoms with Crippen molar-refractivity contribution < 1.29 is 9.59 Å². The average Bonchev–Trinajstić information content (AvgIpc) is 2.26. The molecule has 0 aliphatic carbocycles. The molecule has 1 amide bonds. The molecule has 0 aliphatic heterocycles. The number of amides is 1. The monoisotopic (exact) mass is 261 g/mol. The minimum atomic E-state index is -0.495. The minimum Gasteiger partial charge on any atom is -0.325 e. The molecule has 1 aromatic rings. The molecule has 19 heavy (non-hydrogen) atoms. The van der Waals surface area contributed by atoms with Crippen LogP contribution in [0.2, 0.25) is 0 Å². The van der Waals surface area contributed by atoms with E-state index in [-0.39, 0.29) is 11.3 Å². The van der Waals surface area contributed by atoms with Crippen LogP contribution in [0.1, 0.15) is 57.5 Å². The zero-order valence-electron chi connectivity index (χ0n) is 12.6. The number of para-hydroxylation sites is 1. The van der Waals surface area contributed by atoms with Crippen molar-refractivity contribution in [3.05, 3.63) is 29.3 Å². The van der Waals surface area contributed by atoms with Gasteiger partial charge in [0, 0.05) is 11.0 Å². The molecule has 1 N–H and O–H groups in total. The van der Waals surface area contributed by atoms with Crippen molar-refractivity contribution >= 4 is 17.9 Å². The van der Waals surface area contributed by atoms with Crippen molar-refractivity contribution in [3.63, 3.8) is 0 Å². The number of carbonyl (C=O) groups excluding carboxylic acids is 2. The van der Waals surface area contributed by atoms with Gasteiger partial charge in [-0.1, -0.05) is 53.7 Å². The molecule has 0 atom stereocenters. The molecular weight excluding hydrogens is 238 g/mol. The third-order valence-electron chi connectivity index (χ3n) is 2.95. The van der Waals surface area contributed by atoms with Gasteiger partial charge in [0.25, 0.3) is 0 Å². The van der Waals surface area contributed by atoms with Gasteiger partial charge in [0.05, 0.1) is 5.69 Å². The Bertz CT molecular complexity index is 490. The van der Waals surface area contributed by atoms with Crippen LogP contribution < -0.4 is 5.32 Å². The number of benzene rings is 1. The second-order valence-electron chi connectivity index (χ2n) is 6.84. The smallest absolute Gasteiger partial charge is 0.229 e. The average molecular weight is 261 g/mol. The molecule has 0 saturated heterocycles. The van der Waals surface area contributed by atoms with Crippen LogP contribution in [0.5, 0.6) is 0 Å². The van der Waals surface area contributed by atoms with E-state index in [9.17, 15) is 9.59 Å². The molecule has 0 unspecified atom stereocenters. The summed E-state index contributed by atoms with van der Waals surface area (Å²) in [4.78, 5) is 23.3. The van der Waals surface area contributed by atoms with E-state index >= 15 is 0 Å². The van der Waals surface area contributed by atoms with Crippen LogP contribution in [-0.4, -0.2) is 12.2 Å². The van der Waals surface area contributed by atoms with E-state index in [1.807, 2.05) is 32.9 Å². The van der Waals surface area contributed by atoms with Crippen LogP contribution in [-0.2, 0) is 10.2 Å². The molecular formula is C16H23NO2. The molecule has 0 aromatic heterocycles. The maximum atomic E-state index is 12.2. The first-order chi connectivity index (χ1) is 8.57. The summed E-state index contributed by atoms with van der Waals surface area (Å²) in [5.74, 6) is -0.0905. The summed E-state index contributed by atoms with van der Waals surface area (Å²) < 4.78 is 0. The fourth-order valence-corrected chi connectivity index (χ4v) is 1.73. The number of rotatable bonds is 2. The summed E-state index contributed by atoms with van der Waals surface area (Å²) in [7, 11) is 0. The largest absolute Gasteiger partial charge is 0.325 e. The predicted octanol–water partition coefficient (Wildman–Crippen LogP) is 3.78. The Balaban J connectivity index is 3.32. The lowest BCUT2D eigenvalue weighted by Crippen LogP contribution is -2.29. The van der Waals surface area contributed by atoms with E-state index < -0.39 is 5.41 Å². The Labute approximate surface area is 115 Å². The number of hydrogen-bond donors (Lipinski definition) is 1. The van der Waals surface area contributed by atoms with E-state index in [4.69, 9.17) is 0 Å². The highest BCUT2D eigenvalue weighted by atomic mass is 16.2. The van der Waals surface area contributed by atoms with Crippen LogP contribution in [0.3, 0.4) is 0 Å². The second kappa shape index (κ2) is 5.16. The van der Waals surface area contributed by atoms with Gasteiger partial charge in [0.1, 0.15) is 0 Å². The third kappa shape index (κ3) is 3.66. The zero-order chi connectivity index (χ0) is 14.8. The van der Waals surface area contributed by atoms with Crippen LogP contribution in [0.15, 0.2) is 18.2 Å². The van der Waals surface area contributed by atoms with Gasteiger partial charge in [-0.2, -0.15) is 0 Å². The van der Waals surface area contributed by atoms with Crippen LogP contribution in [0.4, 0.5) is 5.69 Å². The van der Waals surface area contributed by atoms with Crippen LogP contribution >= 0.6 is 0 Å². The Hall–Kier alpha value is -1.64. The van der Waals surface area contributed by atoms with Gasteiger partial charge in [-0.3, -0.25) is 9.59 Å². The normalized spacial score (nSPS) is 12.1. The van der Waals surface area contributed by atoms with Crippen molar-refractivity contribution in [3.8, 4) is 0 Å². The number of aldehydes is 1. The van der Waals surface area contributed by atoms with E-state index in [2.05, 4.69) is 26.1 Å². The quantitative estimate of drug-likeness (QED) is 0.823. The third-order valence-corrected chi connectivity index (χ3v) is 2.95. The Morgan fingerprint density at radius 2 is 1.68 bits per heavy atom. The van der Waals surface area contributed by atoms with Gasteiger partial charge in [0.15, 0.2) is 6.29 Å². The summed E-state index contributed by atoms with van der Waals surface area (Å²) in [6, 6.07) is 5.52. The van der Waals surface area contributed by atoms with Crippen molar-refractivity contribution in [1.29, 1.82) is 0 Å². The van der Waals surface area contributed by atoms with Crippen molar-refractivity contribution in [1.82, 2.24) is 0 Å². The predicted molar refractivity (Wildman–Crippen MR) is 78.6 cm³/mol. The molecule has 0 spiro atoms. The molecule has 3 heteroatoms.